The van der Waals surface area contributed by atoms with Crippen molar-refractivity contribution in [3.05, 3.63) is 69.8 Å². The highest BCUT2D eigenvalue weighted by Gasteiger charge is 2.26. The highest BCUT2D eigenvalue weighted by atomic mass is 19.2. The van der Waals surface area contributed by atoms with E-state index < -0.39 is 17.5 Å². The molecule has 0 saturated heterocycles. The molecule has 32 heavy (non-hydrogen) atoms. The number of halogens is 2. The molecule has 0 unspecified atom stereocenters. The number of pyridine rings is 2. The van der Waals surface area contributed by atoms with Gasteiger partial charge in [-0.15, -0.1) is 0 Å². The van der Waals surface area contributed by atoms with E-state index in [2.05, 4.69) is 16.9 Å². The molecular formula is C24H27F2N3O3. The summed E-state index contributed by atoms with van der Waals surface area (Å²) in [5, 5.41) is 0.238. The summed E-state index contributed by atoms with van der Waals surface area (Å²) < 4.78 is 31.9. The number of ether oxygens (including phenoxy) is 1. The number of aromatic amines is 1. The van der Waals surface area contributed by atoms with Crippen LogP contribution in [0.15, 0.2) is 41.5 Å². The molecule has 1 amide bonds. The van der Waals surface area contributed by atoms with E-state index >= 15 is 0 Å². The smallest absolute Gasteiger partial charge is 0.268 e. The van der Waals surface area contributed by atoms with E-state index in [-0.39, 0.29) is 22.3 Å². The molecule has 0 spiro atoms. The van der Waals surface area contributed by atoms with Gasteiger partial charge in [0.1, 0.15) is 5.69 Å². The summed E-state index contributed by atoms with van der Waals surface area (Å²) in [5.41, 5.74) is 6.22. The lowest BCUT2D eigenvalue weighted by Crippen LogP contribution is -2.17. The monoisotopic (exact) mass is 443 g/mol. The fourth-order valence-electron chi connectivity index (χ4n) is 4.27. The molecule has 0 radical (unpaired) electrons. The number of nitrogens with two attached hydrogens (primary N) is 1. The highest BCUT2D eigenvalue weighted by Crippen LogP contribution is 2.41. The number of hydrogen-bond acceptors (Lipinski definition) is 4. The van der Waals surface area contributed by atoms with E-state index in [1.165, 1.54) is 50.9 Å². The van der Waals surface area contributed by atoms with Crippen molar-refractivity contribution in [2.45, 2.75) is 44.9 Å². The number of carbonyl (C=O) groups excluding carboxylic acids is 1. The fourth-order valence-corrected chi connectivity index (χ4v) is 4.27. The Kier molecular flexibility index (Phi) is 7.56. The molecule has 6 nitrogen and oxygen atoms in total. The summed E-state index contributed by atoms with van der Waals surface area (Å²) in [6.07, 6.45) is 8.57. The number of nitrogens with one attached hydrogen (secondary N) is 1. The summed E-state index contributed by atoms with van der Waals surface area (Å²) in [4.78, 5) is 29.0. The van der Waals surface area contributed by atoms with Gasteiger partial charge in [0, 0.05) is 24.0 Å². The summed E-state index contributed by atoms with van der Waals surface area (Å²) >= 11 is 0. The van der Waals surface area contributed by atoms with Crippen LogP contribution in [-0.4, -0.2) is 23.0 Å². The Bertz CT molecular complexity index is 1150. The van der Waals surface area contributed by atoms with Crippen LogP contribution in [0.5, 0.6) is 5.75 Å². The zero-order valence-electron chi connectivity index (χ0n) is 18.2. The Labute approximate surface area is 184 Å². The Morgan fingerprint density at radius 1 is 1.19 bits per heavy atom. The number of hydrogen-bond donors (Lipinski definition) is 2. The molecule has 3 aromatic rings. The van der Waals surface area contributed by atoms with Crippen LogP contribution in [0.1, 0.15) is 61.0 Å². The van der Waals surface area contributed by atoms with Gasteiger partial charge in [0.25, 0.3) is 5.91 Å². The van der Waals surface area contributed by atoms with E-state index in [4.69, 9.17) is 10.5 Å². The number of H-pyrrole nitrogens is 1. The van der Waals surface area contributed by atoms with Crippen LogP contribution in [0.2, 0.25) is 0 Å². The third-order valence-corrected chi connectivity index (χ3v) is 6.05. The van der Waals surface area contributed by atoms with Crippen LogP contribution >= 0.6 is 0 Å². The first-order valence-electron chi connectivity index (χ1n) is 10.6. The third kappa shape index (κ3) is 4.95. The minimum atomic E-state index is -0.854. The molecule has 1 aliphatic carbocycles. The van der Waals surface area contributed by atoms with Crippen LogP contribution in [0, 0.1) is 17.6 Å². The molecule has 0 atom stereocenters. The quantitative estimate of drug-likeness (QED) is 0.612. The predicted molar refractivity (Wildman–Crippen MR) is 119 cm³/mol. The Balaban J connectivity index is 0.000000186. The minimum absolute atomic E-state index is 0.00403. The largest absolute Gasteiger partial charge is 0.493 e. The number of benzene rings is 1. The maximum Gasteiger partial charge on any atom is 0.268 e. The SMILES string of the molecule is CCC1CCC(c2ccc(F)c(F)c2OC)CC1.NC(=O)c1nccc2[nH]ccc(=O)c12. The number of primary amides is 1. The number of aromatic nitrogens is 2. The van der Waals surface area contributed by atoms with Crippen molar-refractivity contribution in [3.63, 3.8) is 0 Å². The molecule has 8 heteroatoms. The molecule has 1 fully saturated rings. The zero-order chi connectivity index (χ0) is 23.3. The molecule has 0 bridgehead atoms. The van der Waals surface area contributed by atoms with Crippen LogP contribution < -0.4 is 15.9 Å². The van der Waals surface area contributed by atoms with Crippen LogP contribution in [-0.2, 0) is 0 Å². The lowest BCUT2D eigenvalue weighted by atomic mass is 9.77. The van der Waals surface area contributed by atoms with Crippen LogP contribution in [0.25, 0.3) is 10.9 Å². The second-order valence-corrected chi connectivity index (χ2v) is 7.90. The Hall–Kier alpha value is -3.29. The maximum absolute atomic E-state index is 13.7. The van der Waals surface area contributed by atoms with Gasteiger partial charge in [0.15, 0.2) is 17.0 Å². The molecule has 3 N–H and O–H groups in total. The number of fused-ring (bicyclic) bond motifs is 1. The zero-order valence-corrected chi connectivity index (χ0v) is 18.2. The molecule has 0 aliphatic heterocycles. The number of nitrogens with zero attached hydrogens (tertiary/aromatic N) is 1. The highest BCUT2D eigenvalue weighted by molar-refractivity contribution is 6.03. The lowest BCUT2D eigenvalue weighted by molar-refractivity contribution is 0.0997. The van der Waals surface area contributed by atoms with Gasteiger partial charge in [-0.25, -0.2) is 4.39 Å². The van der Waals surface area contributed by atoms with Gasteiger partial charge in [0.05, 0.1) is 18.0 Å². The Morgan fingerprint density at radius 2 is 1.91 bits per heavy atom. The number of rotatable bonds is 4. The van der Waals surface area contributed by atoms with Crippen molar-refractivity contribution in [1.29, 1.82) is 0 Å². The summed E-state index contributed by atoms with van der Waals surface area (Å²) in [6.45, 7) is 2.21. The van der Waals surface area contributed by atoms with Crippen LogP contribution in [0.4, 0.5) is 8.78 Å². The van der Waals surface area contributed by atoms with Gasteiger partial charge in [-0.2, -0.15) is 4.39 Å². The van der Waals surface area contributed by atoms with E-state index in [1.807, 2.05) is 0 Å². The topological polar surface area (TPSA) is 98.1 Å². The van der Waals surface area contributed by atoms with Gasteiger partial charge >= 0.3 is 0 Å². The first-order valence-corrected chi connectivity index (χ1v) is 10.6. The molecule has 4 rings (SSSR count). The van der Waals surface area contributed by atoms with Crippen molar-refractivity contribution in [2.24, 2.45) is 11.7 Å². The first-order chi connectivity index (χ1) is 15.4. The van der Waals surface area contributed by atoms with Crippen molar-refractivity contribution in [2.75, 3.05) is 7.11 Å². The third-order valence-electron chi connectivity index (χ3n) is 6.05. The van der Waals surface area contributed by atoms with Crippen molar-refractivity contribution < 1.29 is 18.3 Å². The molecular weight excluding hydrogens is 416 g/mol. The Morgan fingerprint density at radius 3 is 2.53 bits per heavy atom. The van der Waals surface area contributed by atoms with E-state index in [1.54, 1.807) is 12.1 Å². The van der Waals surface area contributed by atoms with E-state index in [9.17, 15) is 18.4 Å². The molecule has 1 saturated carbocycles. The molecule has 2 heterocycles. The second kappa shape index (κ2) is 10.3. The first kappa shape index (κ1) is 23.4. The molecule has 1 aromatic carbocycles. The minimum Gasteiger partial charge on any atom is -0.493 e. The van der Waals surface area contributed by atoms with E-state index in [0.29, 0.717) is 11.4 Å². The van der Waals surface area contributed by atoms with Gasteiger partial charge in [0.2, 0.25) is 5.82 Å². The molecule has 2 aromatic heterocycles. The van der Waals surface area contributed by atoms with Crippen molar-refractivity contribution >= 4 is 16.8 Å². The van der Waals surface area contributed by atoms with E-state index in [0.717, 1.165) is 24.3 Å². The number of amides is 1. The maximum atomic E-state index is 13.7. The average molecular weight is 443 g/mol. The van der Waals surface area contributed by atoms with Crippen molar-refractivity contribution in [1.82, 2.24) is 9.97 Å². The summed E-state index contributed by atoms with van der Waals surface area (Å²) in [7, 11) is 1.40. The predicted octanol–water partition coefficient (Wildman–Crippen LogP) is 4.68. The standard InChI is InChI=1S/C15H20F2O.C9H7N3O2/c1-3-10-4-6-11(7-5-10)12-8-9-13(16)14(17)15(12)18-2;10-9(14)8-7-5(1-3-12-8)11-4-2-6(7)13/h8-11H,3-7H2,1-2H3;1-4H,(H2,10,14)(H,11,13). The summed E-state index contributed by atoms with van der Waals surface area (Å²) in [5.74, 6) is -1.21. The summed E-state index contributed by atoms with van der Waals surface area (Å²) in [6, 6.07) is 5.83. The number of carbonyl (C=O) groups is 1. The average Bonchev–Trinajstić information content (AvgIpc) is 2.81. The normalized spacial score (nSPS) is 18.0. The fraction of sp³-hybridized carbons (Fsp3) is 0.375. The van der Waals surface area contributed by atoms with Gasteiger partial charge < -0.3 is 15.5 Å². The van der Waals surface area contributed by atoms with Gasteiger partial charge in [-0.1, -0.05) is 19.4 Å². The van der Waals surface area contributed by atoms with Gasteiger partial charge in [-0.3, -0.25) is 14.6 Å². The van der Waals surface area contributed by atoms with Gasteiger partial charge in [-0.05, 0) is 49.7 Å². The second-order valence-electron chi connectivity index (χ2n) is 7.90. The lowest BCUT2D eigenvalue weighted by Gasteiger charge is -2.29. The number of methoxy groups -OCH3 is 1. The molecule has 170 valence electrons. The van der Waals surface area contributed by atoms with Crippen LogP contribution in [0.3, 0.4) is 0 Å². The molecule has 1 aliphatic rings. The van der Waals surface area contributed by atoms with Crippen molar-refractivity contribution in [3.8, 4) is 5.75 Å².